The lowest BCUT2D eigenvalue weighted by Crippen LogP contribution is -2.26. The van der Waals surface area contributed by atoms with Crippen molar-refractivity contribution in [1.29, 1.82) is 0 Å². The third-order valence-electron chi connectivity index (χ3n) is 3.03. The summed E-state index contributed by atoms with van der Waals surface area (Å²) in [5, 5.41) is 3.32. The van der Waals surface area contributed by atoms with Gasteiger partial charge in [0.25, 0.3) is 0 Å². The highest BCUT2D eigenvalue weighted by molar-refractivity contribution is 5.39. The predicted octanol–water partition coefficient (Wildman–Crippen LogP) is 2.26. The molecule has 0 aliphatic heterocycles. The quantitative estimate of drug-likeness (QED) is 0.796. The Morgan fingerprint density at radius 1 is 1.41 bits per heavy atom. The van der Waals surface area contributed by atoms with Gasteiger partial charge in [-0.1, -0.05) is 19.1 Å². The first-order valence-electron chi connectivity index (χ1n) is 6.22. The first-order valence-corrected chi connectivity index (χ1v) is 6.22. The monoisotopic (exact) mass is 236 g/mol. The molecule has 0 saturated carbocycles. The van der Waals surface area contributed by atoms with Crippen LogP contribution in [0.15, 0.2) is 18.2 Å². The molecule has 3 nitrogen and oxygen atoms in total. The molecule has 0 aromatic heterocycles. The molecule has 0 radical (unpaired) electrons. The summed E-state index contributed by atoms with van der Waals surface area (Å²) in [6.07, 6.45) is 1.94. The molecule has 0 aliphatic carbocycles. The summed E-state index contributed by atoms with van der Waals surface area (Å²) in [5.74, 6) is 0.933. The highest BCUT2D eigenvalue weighted by atomic mass is 16.5. The second kappa shape index (κ2) is 6.62. The van der Waals surface area contributed by atoms with Gasteiger partial charge in [0.2, 0.25) is 0 Å². The van der Waals surface area contributed by atoms with E-state index in [1.807, 2.05) is 20.0 Å². The van der Waals surface area contributed by atoms with Crippen LogP contribution in [0.2, 0.25) is 0 Å². The van der Waals surface area contributed by atoms with E-state index in [1.54, 1.807) is 7.11 Å². The van der Waals surface area contributed by atoms with E-state index in [9.17, 15) is 0 Å². The fourth-order valence-corrected chi connectivity index (χ4v) is 2.05. The maximum Gasteiger partial charge on any atom is 0.123 e. The van der Waals surface area contributed by atoms with Gasteiger partial charge in [0.1, 0.15) is 5.75 Å². The van der Waals surface area contributed by atoms with E-state index < -0.39 is 0 Å². The molecule has 0 spiro atoms. The molecule has 0 bridgehead atoms. The molecule has 0 aliphatic rings. The van der Waals surface area contributed by atoms with Gasteiger partial charge in [0, 0.05) is 17.6 Å². The number of nitrogens with one attached hydrogen (secondary N) is 1. The van der Waals surface area contributed by atoms with Crippen LogP contribution in [-0.2, 0) is 6.42 Å². The molecular weight excluding hydrogens is 212 g/mol. The van der Waals surface area contributed by atoms with Crippen LogP contribution in [0.1, 0.15) is 37.4 Å². The van der Waals surface area contributed by atoms with Crippen LogP contribution in [0.25, 0.3) is 0 Å². The molecule has 1 aromatic carbocycles. The second-order valence-corrected chi connectivity index (χ2v) is 4.48. The van der Waals surface area contributed by atoms with Crippen LogP contribution in [-0.4, -0.2) is 20.2 Å². The summed E-state index contributed by atoms with van der Waals surface area (Å²) in [6, 6.07) is 6.78. The number of ether oxygens (including phenoxy) is 1. The minimum Gasteiger partial charge on any atom is -0.496 e. The van der Waals surface area contributed by atoms with Crippen molar-refractivity contribution in [2.45, 2.75) is 38.8 Å². The van der Waals surface area contributed by atoms with Crippen LogP contribution in [0.4, 0.5) is 0 Å². The third kappa shape index (κ3) is 3.72. The fourth-order valence-electron chi connectivity index (χ4n) is 2.05. The molecule has 17 heavy (non-hydrogen) atoms. The zero-order chi connectivity index (χ0) is 12.8. The highest BCUT2D eigenvalue weighted by Crippen LogP contribution is 2.29. The van der Waals surface area contributed by atoms with Crippen molar-refractivity contribution < 1.29 is 4.74 Å². The van der Waals surface area contributed by atoms with Gasteiger partial charge >= 0.3 is 0 Å². The third-order valence-corrected chi connectivity index (χ3v) is 3.03. The zero-order valence-electron chi connectivity index (χ0n) is 11.3. The molecule has 3 N–H and O–H groups in total. The van der Waals surface area contributed by atoms with Crippen LogP contribution in [0.3, 0.4) is 0 Å². The summed E-state index contributed by atoms with van der Waals surface area (Å²) < 4.78 is 5.43. The van der Waals surface area contributed by atoms with E-state index in [-0.39, 0.29) is 12.1 Å². The van der Waals surface area contributed by atoms with Gasteiger partial charge in [-0.2, -0.15) is 0 Å². The van der Waals surface area contributed by atoms with Crippen LogP contribution in [0.5, 0.6) is 5.75 Å². The average molecular weight is 236 g/mol. The van der Waals surface area contributed by atoms with Gasteiger partial charge in [-0.15, -0.1) is 0 Å². The Bertz CT molecular complexity index is 350. The fraction of sp³-hybridized carbons (Fsp3) is 0.571. The van der Waals surface area contributed by atoms with Gasteiger partial charge in [0.15, 0.2) is 0 Å². The Morgan fingerprint density at radius 2 is 2.12 bits per heavy atom. The van der Waals surface area contributed by atoms with E-state index in [2.05, 4.69) is 24.4 Å². The van der Waals surface area contributed by atoms with Crippen molar-refractivity contribution in [1.82, 2.24) is 5.32 Å². The van der Waals surface area contributed by atoms with E-state index in [4.69, 9.17) is 10.5 Å². The summed E-state index contributed by atoms with van der Waals surface area (Å²) in [6.45, 7) is 4.19. The van der Waals surface area contributed by atoms with Gasteiger partial charge < -0.3 is 15.8 Å². The molecule has 2 unspecified atom stereocenters. The average Bonchev–Trinajstić information content (AvgIpc) is 2.34. The summed E-state index contributed by atoms with van der Waals surface area (Å²) in [4.78, 5) is 0. The van der Waals surface area contributed by atoms with Crippen molar-refractivity contribution in [2.75, 3.05) is 14.2 Å². The van der Waals surface area contributed by atoms with Gasteiger partial charge in [0.05, 0.1) is 7.11 Å². The van der Waals surface area contributed by atoms with Gasteiger partial charge in [-0.3, -0.25) is 0 Å². The zero-order valence-corrected chi connectivity index (χ0v) is 11.3. The smallest absolute Gasteiger partial charge is 0.123 e. The van der Waals surface area contributed by atoms with Gasteiger partial charge in [-0.05, 0) is 38.4 Å². The topological polar surface area (TPSA) is 47.3 Å². The van der Waals surface area contributed by atoms with Crippen molar-refractivity contribution >= 4 is 0 Å². The van der Waals surface area contributed by atoms with Crippen LogP contribution < -0.4 is 15.8 Å². The van der Waals surface area contributed by atoms with Crippen LogP contribution >= 0.6 is 0 Å². The summed E-state index contributed by atoms with van der Waals surface area (Å²) in [5.41, 5.74) is 8.41. The van der Waals surface area contributed by atoms with Gasteiger partial charge in [-0.25, -0.2) is 0 Å². The Hall–Kier alpha value is -1.06. The summed E-state index contributed by atoms with van der Waals surface area (Å²) in [7, 11) is 3.67. The largest absolute Gasteiger partial charge is 0.496 e. The molecule has 2 atom stereocenters. The minimum atomic E-state index is 0.169. The molecular formula is C14H24N2O. The first kappa shape index (κ1) is 14.0. The number of benzene rings is 1. The molecule has 1 rings (SSSR count). The van der Waals surface area contributed by atoms with E-state index in [0.717, 1.165) is 18.6 Å². The number of aryl methyl sites for hydroxylation is 1. The van der Waals surface area contributed by atoms with Crippen molar-refractivity contribution in [2.24, 2.45) is 5.73 Å². The number of hydrogen-bond acceptors (Lipinski definition) is 3. The Kier molecular flexibility index (Phi) is 5.45. The Labute approximate surface area is 104 Å². The van der Waals surface area contributed by atoms with E-state index >= 15 is 0 Å². The Balaban J connectivity index is 3.05. The number of rotatable bonds is 6. The molecule has 0 saturated heterocycles. The van der Waals surface area contributed by atoms with Crippen molar-refractivity contribution in [3.8, 4) is 5.75 Å². The molecule has 1 aromatic rings. The lowest BCUT2D eigenvalue weighted by Gasteiger charge is -2.21. The lowest BCUT2D eigenvalue weighted by molar-refractivity contribution is 0.395. The highest BCUT2D eigenvalue weighted by Gasteiger charge is 2.16. The molecule has 96 valence electrons. The molecule has 0 amide bonds. The summed E-state index contributed by atoms with van der Waals surface area (Å²) >= 11 is 0. The maximum absolute atomic E-state index is 5.89. The molecule has 3 heteroatoms. The van der Waals surface area contributed by atoms with Crippen molar-refractivity contribution in [3.63, 3.8) is 0 Å². The normalized spacial score (nSPS) is 14.4. The minimum absolute atomic E-state index is 0.169. The van der Waals surface area contributed by atoms with E-state index in [1.165, 1.54) is 11.1 Å². The number of nitrogens with two attached hydrogens (primary N) is 1. The second-order valence-electron chi connectivity index (χ2n) is 4.48. The number of methoxy groups -OCH3 is 1. The molecule has 0 heterocycles. The Morgan fingerprint density at radius 3 is 2.59 bits per heavy atom. The molecule has 0 fully saturated rings. The lowest BCUT2D eigenvalue weighted by atomic mass is 9.97. The number of hydrogen-bond donors (Lipinski definition) is 2. The predicted molar refractivity (Wildman–Crippen MR) is 72.4 cm³/mol. The standard InChI is InChI=1S/C14H24N2O/c1-5-11-6-7-14(17-4)12(9-11)13(16-3)8-10(2)15/h6-7,9-10,13,16H,5,8,15H2,1-4H3. The van der Waals surface area contributed by atoms with Crippen LogP contribution in [0, 0.1) is 0 Å². The van der Waals surface area contributed by atoms with E-state index in [0.29, 0.717) is 0 Å². The SMILES string of the molecule is CCc1ccc(OC)c(C(CC(C)N)NC)c1. The maximum atomic E-state index is 5.89. The first-order chi connectivity index (χ1) is 8.12. The van der Waals surface area contributed by atoms with Crippen molar-refractivity contribution in [3.05, 3.63) is 29.3 Å².